The Morgan fingerprint density at radius 3 is 2.22 bits per heavy atom. The molecular formula is C23H24N2O2. The lowest BCUT2D eigenvalue weighted by molar-refractivity contribution is -0.115. The van der Waals surface area contributed by atoms with Crippen LogP contribution in [0.4, 0.5) is 5.69 Å². The molecule has 0 aliphatic carbocycles. The number of hydrogen-bond acceptors (Lipinski definition) is 3. The van der Waals surface area contributed by atoms with Gasteiger partial charge in [0, 0.05) is 6.04 Å². The van der Waals surface area contributed by atoms with E-state index >= 15 is 0 Å². The third-order valence-corrected chi connectivity index (χ3v) is 4.37. The summed E-state index contributed by atoms with van der Waals surface area (Å²) < 4.78 is 5.29. The molecule has 2 N–H and O–H groups in total. The van der Waals surface area contributed by atoms with E-state index in [1.165, 1.54) is 5.56 Å². The summed E-state index contributed by atoms with van der Waals surface area (Å²) in [6, 6.07) is 27.9. The number of amides is 1. The van der Waals surface area contributed by atoms with Gasteiger partial charge in [-0.15, -0.1) is 0 Å². The second-order valence-electron chi connectivity index (χ2n) is 6.28. The summed E-state index contributed by atoms with van der Waals surface area (Å²) in [5.74, 6) is 0.545. The first kappa shape index (κ1) is 18.7. The van der Waals surface area contributed by atoms with Crippen LogP contribution in [0, 0.1) is 0 Å². The van der Waals surface area contributed by atoms with Crippen molar-refractivity contribution in [3.8, 4) is 5.75 Å². The van der Waals surface area contributed by atoms with Crippen LogP contribution >= 0.6 is 0 Å². The zero-order valence-corrected chi connectivity index (χ0v) is 15.4. The lowest BCUT2D eigenvalue weighted by Gasteiger charge is -2.19. The SMILES string of the molecule is COc1ccccc1NC(=O)CNC(Cc1ccccc1)c1ccccc1. The fraction of sp³-hybridized carbons (Fsp3) is 0.174. The van der Waals surface area contributed by atoms with E-state index in [9.17, 15) is 4.79 Å². The molecule has 27 heavy (non-hydrogen) atoms. The molecule has 0 aromatic heterocycles. The molecule has 3 aromatic carbocycles. The van der Waals surface area contributed by atoms with Gasteiger partial charge in [0.05, 0.1) is 19.3 Å². The average molecular weight is 360 g/mol. The maximum atomic E-state index is 12.4. The molecule has 3 aromatic rings. The zero-order chi connectivity index (χ0) is 18.9. The molecule has 0 saturated carbocycles. The molecule has 3 rings (SSSR count). The Hall–Kier alpha value is -3.11. The molecule has 0 spiro atoms. The van der Waals surface area contributed by atoms with Gasteiger partial charge >= 0.3 is 0 Å². The summed E-state index contributed by atoms with van der Waals surface area (Å²) in [5.41, 5.74) is 3.06. The fourth-order valence-corrected chi connectivity index (χ4v) is 3.00. The Bertz CT molecular complexity index is 851. The third kappa shape index (κ3) is 5.43. The van der Waals surface area contributed by atoms with Gasteiger partial charge in [-0.1, -0.05) is 72.8 Å². The Balaban J connectivity index is 1.66. The number of carbonyl (C=O) groups is 1. The van der Waals surface area contributed by atoms with E-state index < -0.39 is 0 Å². The van der Waals surface area contributed by atoms with Crippen LogP contribution in [0.1, 0.15) is 17.2 Å². The van der Waals surface area contributed by atoms with Crippen molar-refractivity contribution in [3.05, 3.63) is 96.1 Å². The smallest absolute Gasteiger partial charge is 0.238 e. The highest BCUT2D eigenvalue weighted by Gasteiger charge is 2.14. The number of carbonyl (C=O) groups excluding carboxylic acids is 1. The lowest BCUT2D eigenvalue weighted by atomic mass is 9.99. The van der Waals surface area contributed by atoms with Crippen molar-refractivity contribution in [2.45, 2.75) is 12.5 Å². The second kappa shape index (κ2) is 9.55. The van der Waals surface area contributed by atoms with Crippen LogP contribution in [0.5, 0.6) is 5.75 Å². The number of rotatable bonds is 8. The molecule has 4 heteroatoms. The first-order valence-corrected chi connectivity index (χ1v) is 9.01. The quantitative estimate of drug-likeness (QED) is 0.633. The van der Waals surface area contributed by atoms with Gasteiger partial charge in [-0.05, 0) is 29.7 Å². The summed E-state index contributed by atoms with van der Waals surface area (Å²) in [6.45, 7) is 0.213. The number of hydrogen-bond donors (Lipinski definition) is 2. The maximum absolute atomic E-state index is 12.4. The summed E-state index contributed by atoms with van der Waals surface area (Å²) in [4.78, 5) is 12.4. The Morgan fingerprint density at radius 2 is 1.52 bits per heavy atom. The fourth-order valence-electron chi connectivity index (χ4n) is 3.00. The first-order chi connectivity index (χ1) is 13.3. The molecule has 1 unspecified atom stereocenters. The van der Waals surface area contributed by atoms with Crippen molar-refractivity contribution in [2.75, 3.05) is 19.0 Å². The molecule has 0 fully saturated rings. The van der Waals surface area contributed by atoms with Gasteiger partial charge in [0.25, 0.3) is 0 Å². The van der Waals surface area contributed by atoms with Crippen molar-refractivity contribution < 1.29 is 9.53 Å². The van der Waals surface area contributed by atoms with E-state index in [1.54, 1.807) is 7.11 Å². The van der Waals surface area contributed by atoms with E-state index in [1.807, 2.05) is 60.7 Å². The van der Waals surface area contributed by atoms with Gasteiger partial charge in [-0.2, -0.15) is 0 Å². The van der Waals surface area contributed by atoms with Crippen molar-refractivity contribution in [3.63, 3.8) is 0 Å². The van der Waals surface area contributed by atoms with Crippen molar-refractivity contribution >= 4 is 11.6 Å². The monoisotopic (exact) mass is 360 g/mol. The van der Waals surface area contributed by atoms with Crippen LogP contribution in [0.25, 0.3) is 0 Å². The summed E-state index contributed by atoms with van der Waals surface area (Å²) in [7, 11) is 1.59. The van der Waals surface area contributed by atoms with Crippen LogP contribution in [-0.4, -0.2) is 19.6 Å². The minimum absolute atomic E-state index is 0.0528. The van der Waals surface area contributed by atoms with E-state index in [4.69, 9.17) is 4.74 Å². The van der Waals surface area contributed by atoms with E-state index in [-0.39, 0.29) is 18.5 Å². The second-order valence-corrected chi connectivity index (χ2v) is 6.28. The first-order valence-electron chi connectivity index (χ1n) is 9.01. The van der Waals surface area contributed by atoms with Gasteiger partial charge in [-0.3, -0.25) is 4.79 Å². The lowest BCUT2D eigenvalue weighted by Crippen LogP contribution is -2.32. The molecule has 0 bridgehead atoms. The summed E-state index contributed by atoms with van der Waals surface area (Å²) in [6.07, 6.45) is 0.812. The molecule has 0 saturated heterocycles. The highest BCUT2D eigenvalue weighted by molar-refractivity contribution is 5.93. The van der Waals surface area contributed by atoms with Gasteiger partial charge in [0.1, 0.15) is 5.75 Å². The molecule has 1 amide bonds. The Morgan fingerprint density at radius 1 is 0.889 bits per heavy atom. The molecule has 4 nitrogen and oxygen atoms in total. The minimum Gasteiger partial charge on any atom is -0.495 e. The predicted octanol–water partition coefficient (Wildman–Crippen LogP) is 4.21. The average Bonchev–Trinajstić information content (AvgIpc) is 2.73. The van der Waals surface area contributed by atoms with Gasteiger partial charge in [0.2, 0.25) is 5.91 Å². The number of ether oxygens (including phenoxy) is 1. The number of anilines is 1. The van der Waals surface area contributed by atoms with Crippen molar-refractivity contribution in [1.29, 1.82) is 0 Å². The largest absolute Gasteiger partial charge is 0.495 e. The summed E-state index contributed by atoms with van der Waals surface area (Å²) in [5, 5.41) is 6.29. The standard InChI is InChI=1S/C23H24N2O2/c1-27-22-15-9-8-14-20(22)25-23(26)17-24-21(19-12-6-3-7-13-19)16-18-10-4-2-5-11-18/h2-15,21,24H,16-17H2,1H3,(H,25,26). The van der Waals surface area contributed by atoms with E-state index in [0.717, 1.165) is 12.0 Å². The molecule has 1 atom stereocenters. The maximum Gasteiger partial charge on any atom is 0.238 e. The molecule has 0 radical (unpaired) electrons. The molecule has 0 aliphatic heterocycles. The summed E-state index contributed by atoms with van der Waals surface area (Å²) >= 11 is 0. The van der Waals surface area contributed by atoms with Crippen LogP contribution in [0.2, 0.25) is 0 Å². The number of methoxy groups -OCH3 is 1. The number of nitrogens with one attached hydrogen (secondary N) is 2. The molecule has 138 valence electrons. The highest BCUT2D eigenvalue weighted by Crippen LogP contribution is 2.23. The third-order valence-electron chi connectivity index (χ3n) is 4.37. The predicted molar refractivity (Wildman–Crippen MR) is 109 cm³/mol. The van der Waals surface area contributed by atoms with Crippen molar-refractivity contribution in [2.24, 2.45) is 0 Å². The van der Waals surface area contributed by atoms with Crippen molar-refractivity contribution in [1.82, 2.24) is 5.32 Å². The molecular weight excluding hydrogens is 336 g/mol. The number of para-hydroxylation sites is 2. The normalized spacial score (nSPS) is 11.6. The van der Waals surface area contributed by atoms with Crippen LogP contribution in [0.15, 0.2) is 84.9 Å². The van der Waals surface area contributed by atoms with E-state index in [0.29, 0.717) is 11.4 Å². The molecule has 0 aliphatic rings. The Kier molecular flexibility index (Phi) is 6.61. The van der Waals surface area contributed by atoms with Crippen LogP contribution < -0.4 is 15.4 Å². The van der Waals surface area contributed by atoms with E-state index in [2.05, 4.69) is 34.9 Å². The van der Waals surface area contributed by atoms with Crippen LogP contribution in [-0.2, 0) is 11.2 Å². The Labute approximate surface area is 160 Å². The van der Waals surface area contributed by atoms with Gasteiger partial charge < -0.3 is 15.4 Å². The number of benzene rings is 3. The highest BCUT2D eigenvalue weighted by atomic mass is 16.5. The zero-order valence-electron chi connectivity index (χ0n) is 15.4. The van der Waals surface area contributed by atoms with Gasteiger partial charge in [0.15, 0.2) is 0 Å². The topological polar surface area (TPSA) is 50.4 Å². The van der Waals surface area contributed by atoms with Gasteiger partial charge in [-0.25, -0.2) is 0 Å². The molecule has 0 heterocycles. The minimum atomic E-state index is -0.103. The van der Waals surface area contributed by atoms with Crippen LogP contribution in [0.3, 0.4) is 0 Å².